The fourth-order valence-electron chi connectivity index (χ4n) is 1.44. The number of carbonyl (C=O) groups excluding carboxylic acids is 1. The van der Waals surface area contributed by atoms with Crippen LogP contribution in [0.4, 0.5) is 18.9 Å². The van der Waals surface area contributed by atoms with Crippen LogP contribution in [0.3, 0.4) is 0 Å². The van der Waals surface area contributed by atoms with Crippen molar-refractivity contribution in [1.29, 1.82) is 0 Å². The van der Waals surface area contributed by atoms with Crippen LogP contribution in [0.15, 0.2) is 30.9 Å². The minimum atomic E-state index is -4.69. The average Bonchev–Trinajstić information content (AvgIpc) is 2.34. The standard InChI is InChI=1S/C13H12F3NO3/c1-2-3-4-11(18)17-10-6-8(12(19)20)5-9(7-10)13(14,15)16/h2,5-7H,1,3-4H2,(H,17,18)(H,19,20). The molecule has 0 aromatic heterocycles. The summed E-state index contributed by atoms with van der Waals surface area (Å²) in [7, 11) is 0. The number of amides is 1. The Balaban J connectivity index is 3.06. The molecule has 0 atom stereocenters. The number of anilines is 1. The van der Waals surface area contributed by atoms with Crippen LogP contribution in [0.2, 0.25) is 0 Å². The SMILES string of the molecule is C=CCCC(=O)Nc1cc(C(=O)O)cc(C(F)(F)F)c1. The number of rotatable bonds is 5. The summed E-state index contributed by atoms with van der Waals surface area (Å²) in [4.78, 5) is 22.2. The van der Waals surface area contributed by atoms with Gasteiger partial charge in [0.2, 0.25) is 5.91 Å². The van der Waals surface area contributed by atoms with Crippen molar-refractivity contribution in [3.05, 3.63) is 42.0 Å². The van der Waals surface area contributed by atoms with E-state index in [1.165, 1.54) is 6.08 Å². The van der Waals surface area contributed by atoms with Crippen molar-refractivity contribution in [2.45, 2.75) is 19.0 Å². The van der Waals surface area contributed by atoms with Gasteiger partial charge in [0.05, 0.1) is 11.1 Å². The highest BCUT2D eigenvalue weighted by Gasteiger charge is 2.32. The van der Waals surface area contributed by atoms with Gasteiger partial charge in [-0.15, -0.1) is 6.58 Å². The molecule has 0 saturated heterocycles. The van der Waals surface area contributed by atoms with Crippen LogP contribution in [0.1, 0.15) is 28.8 Å². The number of nitrogens with one attached hydrogen (secondary N) is 1. The number of hydrogen-bond acceptors (Lipinski definition) is 2. The van der Waals surface area contributed by atoms with Crippen LogP contribution in [0.5, 0.6) is 0 Å². The molecule has 7 heteroatoms. The van der Waals surface area contributed by atoms with E-state index in [-0.39, 0.29) is 12.1 Å². The van der Waals surface area contributed by atoms with Gasteiger partial charge in [-0.2, -0.15) is 13.2 Å². The maximum atomic E-state index is 12.6. The van der Waals surface area contributed by atoms with Crippen molar-refractivity contribution in [2.24, 2.45) is 0 Å². The lowest BCUT2D eigenvalue weighted by Gasteiger charge is -2.11. The van der Waals surface area contributed by atoms with E-state index in [1.807, 2.05) is 0 Å². The molecule has 0 unspecified atom stereocenters. The van der Waals surface area contributed by atoms with Gasteiger partial charge in [0, 0.05) is 12.1 Å². The van der Waals surface area contributed by atoms with Gasteiger partial charge in [-0.1, -0.05) is 6.08 Å². The molecule has 108 valence electrons. The first-order valence-electron chi connectivity index (χ1n) is 5.60. The third kappa shape index (κ3) is 4.42. The number of benzene rings is 1. The molecule has 0 aliphatic heterocycles. The van der Waals surface area contributed by atoms with Crippen LogP contribution in [-0.2, 0) is 11.0 Å². The Kier molecular flexibility index (Phi) is 4.90. The lowest BCUT2D eigenvalue weighted by molar-refractivity contribution is -0.137. The molecule has 0 aliphatic rings. The second-order valence-corrected chi connectivity index (χ2v) is 3.98. The van der Waals surface area contributed by atoms with Gasteiger partial charge in [-0.3, -0.25) is 4.79 Å². The van der Waals surface area contributed by atoms with E-state index in [0.717, 1.165) is 6.07 Å². The number of halogens is 3. The summed E-state index contributed by atoms with van der Waals surface area (Å²) in [5.74, 6) is -2.02. The molecule has 0 saturated carbocycles. The predicted octanol–water partition coefficient (Wildman–Crippen LogP) is 3.31. The third-order valence-corrected chi connectivity index (χ3v) is 2.37. The summed E-state index contributed by atoms with van der Waals surface area (Å²) >= 11 is 0. The van der Waals surface area contributed by atoms with E-state index in [2.05, 4.69) is 11.9 Å². The van der Waals surface area contributed by atoms with Crippen molar-refractivity contribution < 1.29 is 27.9 Å². The molecule has 0 bridgehead atoms. The summed E-state index contributed by atoms with van der Waals surface area (Å²) in [6.07, 6.45) is -2.76. The molecule has 0 spiro atoms. The number of hydrogen-bond donors (Lipinski definition) is 2. The van der Waals surface area contributed by atoms with E-state index in [1.54, 1.807) is 0 Å². The molecule has 20 heavy (non-hydrogen) atoms. The van der Waals surface area contributed by atoms with E-state index < -0.39 is 29.2 Å². The van der Waals surface area contributed by atoms with E-state index in [0.29, 0.717) is 18.6 Å². The average molecular weight is 287 g/mol. The lowest BCUT2D eigenvalue weighted by atomic mass is 10.1. The second-order valence-electron chi connectivity index (χ2n) is 3.98. The number of carboxylic acid groups (broad SMARTS) is 1. The van der Waals surface area contributed by atoms with E-state index in [4.69, 9.17) is 5.11 Å². The molecule has 0 radical (unpaired) electrons. The first kappa shape index (κ1) is 15.7. The molecule has 0 fully saturated rings. The zero-order chi connectivity index (χ0) is 15.3. The molecule has 0 aliphatic carbocycles. The highest BCUT2D eigenvalue weighted by Crippen LogP contribution is 2.32. The van der Waals surface area contributed by atoms with Gasteiger partial charge in [0.25, 0.3) is 0 Å². The zero-order valence-electron chi connectivity index (χ0n) is 10.3. The Morgan fingerprint density at radius 3 is 2.45 bits per heavy atom. The normalized spacial score (nSPS) is 10.9. The molecule has 1 aromatic carbocycles. The molecule has 4 nitrogen and oxygen atoms in total. The summed E-state index contributed by atoms with van der Waals surface area (Å²) in [5.41, 5.74) is -1.87. The maximum Gasteiger partial charge on any atom is 0.416 e. The van der Waals surface area contributed by atoms with Gasteiger partial charge in [-0.05, 0) is 24.6 Å². The Morgan fingerprint density at radius 2 is 1.95 bits per heavy atom. The van der Waals surface area contributed by atoms with Crippen LogP contribution in [0.25, 0.3) is 0 Å². The molecule has 2 N–H and O–H groups in total. The highest BCUT2D eigenvalue weighted by atomic mass is 19.4. The molecule has 1 amide bonds. The molecular formula is C13H12F3NO3. The fourth-order valence-corrected chi connectivity index (χ4v) is 1.44. The Morgan fingerprint density at radius 1 is 1.30 bits per heavy atom. The number of carboxylic acids is 1. The second kappa shape index (κ2) is 6.23. The van der Waals surface area contributed by atoms with Gasteiger partial charge < -0.3 is 10.4 Å². The van der Waals surface area contributed by atoms with Crippen LogP contribution in [-0.4, -0.2) is 17.0 Å². The summed E-state index contributed by atoms with van der Waals surface area (Å²) < 4.78 is 37.9. The quantitative estimate of drug-likeness (QED) is 0.816. The number of alkyl halides is 3. The Labute approximate surface area is 112 Å². The van der Waals surface area contributed by atoms with Gasteiger partial charge >= 0.3 is 12.1 Å². The number of allylic oxidation sites excluding steroid dienone is 1. The van der Waals surface area contributed by atoms with Crippen molar-refractivity contribution in [3.63, 3.8) is 0 Å². The number of carbonyl (C=O) groups is 2. The summed E-state index contributed by atoms with van der Waals surface area (Å²) in [6, 6.07) is 2.18. The Bertz CT molecular complexity index is 538. The first-order valence-corrected chi connectivity index (χ1v) is 5.60. The largest absolute Gasteiger partial charge is 0.478 e. The third-order valence-electron chi connectivity index (χ3n) is 2.37. The first-order chi connectivity index (χ1) is 9.24. The van der Waals surface area contributed by atoms with Gasteiger partial charge in [0.1, 0.15) is 0 Å². The van der Waals surface area contributed by atoms with Crippen molar-refractivity contribution in [1.82, 2.24) is 0 Å². The van der Waals surface area contributed by atoms with E-state index in [9.17, 15) is 22.8 Å². The molecule has 0 heterocycles. The minimum absolute atomic E-state index is 0.0577. The predicted molar refractivity (Wildman–Crippen MR) is 66.5 cm³/mol. The minimum Gasteiger partial charge on any atom is -0.478 e. The van der Waals surface area contributed by atoms with Crippen LogP contribution >= 0.6 is 0 Å². The molecule has 1 aromatic rings. The zero-order valence-corrected chi connectivity index (χ0v) is 10.3. The van der Waals surface area contributed by atoms with Crippen LogP contribution < -0.4 is 5.32 Å². The molecular weight excluding hydrogens is 275 g/mol. The smallest absolute Gasteiger partial charge is 0.416 e. The maximum absolute atomic E-state index is 12.6. The summed E-state index contributed by atoms with van der Waals surface area (Å²) in [6.45, 7) is 3.42. The van der Waals surface area contributed by atoms with E-state index >= 15 is 0 Å². The topological polar surface area (TPSA) is 66.4 Å². The van der Waals surface area contributed by atoms with Crippen molar-refractivity contribution in [3.8, 4) is 0 Å². The summed E-state index contributed by atoms with van der Waals surface area (Å²) in [5, 5.41) is 11.0. The monoisotopic (exact) mass is 287 g/mol. The molecule has 1 rings (SSSR count). The van der Waals surface area contributed by atoms with Gasteiger partial charge in [-0.25, -0.2) is 4.79 Å². The highest BCUT2D eigenvalue weighted by molar-refractivity contribution is 5.94. The number of aromatic carboxylic acids is 1. The van der Waals surface area contributed by atoms with Crippen LogP contribution in [0, 0.1) is 0 Å². The van der Waals surface area contributed by atoms with Crippen molar-refractivity contribution in [2.75, 3.05) is 5.32 Å². The lowest BCUT2D eigenvalue weighted by Crippen LogP contribution is -2.14. The Hall–Kier alpha value is -2.31. The van der Waals surface area contributed by atoms with Crippen molar-refractivity contribution >= 4 is 17.6 Å². The van der Waals surface area contributed by atoms with Gasteiger partial charge in [0.15, 0.2) is 0 Å². The fraction of sp³-hybridized carbons (Fsp3) is 0.231.